The number of aliphatic hydroxyl groups is 2. The Morgan fingerprint density at radius 2 is 0.677 bits per heavy atom. The van der Waals surface area contributed by atoms with E-state index >= 15 is 0 Å². The molecular weight excluding hydrogens is 388 g/mol. The van der Waals surface area contributed by atoms with Gasteiger partial charge in [-0.1, -0.05) is 72.8 Å². The molecule has 0 radical (unpaired) electrons. The van der Waals surface area contributed by atoms with Crippen LogP contribution >= 0.6 is 0 Å². The van der Waals surface area contributed by atoms with Crippen molar-refractivity contribution in [2.45, 2.75) is 18.6 Å². The van der Waals surface area contributed by atoms with Crippen molar-refractivity contribution in [2.24, 2.45) is 0 Å². The van der Waals surface area contributed by atoms with Crippen LogP contribution in [0.1, 0.15) is 29.8 Å². The highest BCUT2D eigenvalue weighted by Gasteiger charge is 2.16. The Labute approximate surface area is 181 Å². The summed E-state index contributed by atoms with van der Waals surface area (Å²) in [6.07, 6.45) is -1.39. The standard InChI is InChI=1S/C27H24O4/c28-24-13-9-20(10-14-24)18-1-5-22(6-2-18)26(30)17-27(31)23-7-3-19(4-8-23)21-11-15-25(29)16-12-21/h1-16,26-31H,17H2. The molecule has 0 aliphatic heterocycles. The number of aromatic hydroxyl groups is 2. The van der Waals surface area contributed by atoms with Gasteiger partial charge in [-0.15, -0.1) is 0 Å². The van der Waals surface area contributed by atoms with Crippen LogP contribution in [0.5, 0.6) is 11.5 Å². The molecule has 0 saturated carbocycles. The molecule has 0 heterocycles. The van der Waals surface area contributed by atoms with Crippen molar-refractivity contribution in [1.29, 1.82) is 0 Å². The van der Waals surface area contributed by atoms with E-state index in [0.29, 0.717) is 0 Å². The molecule has 4 nitrogen and oxygen atoms in total. The van der Waals surface area contributed by atoms with Crippen molar-refractivity contribution in [1.82, 2.24) is 0 Å². The summed E-state index contributed by atoms with van der Waals surface area (Å²) < 4.78 is 0. The molecule has 4 aromatic rings. The molecule has 31 heavy (non-hydrogen) atoms. The molecule has 156 valence electrons. The molecule has 0 aliphatic carbocycles. The fourth-order valence-electron chi connectivity index (χ4n) is 3.59. The molecule has 0 aromatic heterocycles. The summed E-state index contributed by atoms with van der Waals surface area (Å²) in [4.78, 5) is 0. The Kier molecular flexibility index (Phi) is 6.03. The van der Waals surface area contributed by atoms with Crippen LogP contribution in [-0.4, -0.2) is 20.4 Å². The molecule has 4 heteroatoms. The molecule has 0 spiro atoms. The number of aliphatic hydroxyl groups excluding tert-OH is 2. The quantitative estimate of drug-likeness (QED) is 0.333. The molecule has 4 aromatic carbocycles. The number of phenolic OH excluding ortho intramolecular Hbond substituents is 2. The topological polar surface area (TPSA) is 80.9 Å². The van der Waals surface area contributed by atoms with Gasteiger partial charge in [0.05, 0.1) is 12.2 Å². The first kappa shape index (κ1) is 20.7. The van der Waals surface area contributed by atoms with E-state index in [4.69, 9.17) is 0 Å². The van der Waals surface area contributed by atoms with Gasteiger partial charge in [-0.25, -0.2) is 0 Å². The van der Waals surface area contributed by atoms with E-state index in [2.05, 4.69) is 0 Å². The Morgan fingerprint density at radius 1 is 0.419 bits per heavy atom. The molecule has 2 atom stereocenters. The van der Waals surface area contributed by atoms with Gasteiger partial charge in [0.25, 0.3) is 0 Å². The van der Waals surface area contributed by atoms with Crippen LogP contribution in [0.4, 0.5) is 0 Å². The van der Waals surface area contributed by atoms with Crippen molar-refractivity contribution in [3.05, 3.63) is 108 Å². The van der Waals surface area contributed by atoms with E-state index in [9.17, 15) is 20.4 Å². The first-order valence-corrected chi connectivity index (χ1v) is 10.1. The molecule has 0 fully saturated rings. The van der Waals surface area contributed by atoms with Crippen LogP contribution in [0.2, 0.25) is 0 Å². The molecule has 0 bridgehead atoms. The average molecular weight is 412 g/mol. The highest BCUT2D eigenvalue weighted by molar-refractivity contribution is 5.65. The van der Waals surface area contributed by atoms with E-state index in [1.165, 1.54) is 0 Å². The Balaban J connectivity index is 1.41. The minimum atomic E-state index is -0.791. The third kappa shape index (κ3) is 4.94. The summed E-state index contributed by atoms with van der Waals surface area (Å²) in [6, 6.07) is 29.0. The predicted octanol–water partition coefficient (Wildman–Crippen LogP) is 5.59. The summed E-state index contributed by atoms with van der Waals surface area (Å²) in [5.41, 5.74) is 5.41. The largest absolute Gasteiger partial charge is 0.508 e. The van der Waals surface area contributed by atoms with Gasteiger partial charge in [0.1, 0.15) is 11.5 Å². The second-order valence-corrected chi connectivity index (χ2v) is 7.61. The predicted molar refractivity (Wildman–Crippen MR) is 122 cm³/mol. The van der Waals surface area contributed by atoms with Crippen molar-refractivity contribution in [3.8, 4) is 33.8 Å². The molecule has 0 aliphatic rings. The average Bonchev–Trinajstić information content (AvgIpc) is 2.80. The molecular formula is C27H24O4. The molecule has 4 rings (SSSR count). The smallest absolute Gasteiger partial charge is 0.115 e. The zero-order valence-electron chi connectivity index (χ0n) is 16.9. The monoisotopic (exact) mass is 412 g/mol. The summed E-state index contributed by atoms with van der Waals surface area (Å²) >= 11 is 0. The van der Waals surface area contributed by atoms with Gasteiger partial charge in [0.15, 0.2) is 0 Å². The lowest BCUT2D eigenvalue weighted by Crippen LogP contribution is -2.05. The van der Waals surface area contributed by atoms with Crippen LogP contribution < -0.4 is 0 Å². The van der Waals surface area contributed by atoms with E-state index < -0.39 is 12.2 Å². The minimum Gasteiger partial charge on any atom is -0.508 e. The van der Waals surface area contributed by atoms with Crippen LogP contribution in [0.15, 0.2) is 97.1 Å². The normalized spacial score (nSPS) is 13.0. The van der Waals surface area contributed by atoms with Gasteiger partial charge in [-0.3, -0.25) is 0 Å². The number of rotatable bonds is 6. The van der Waals surface area contributed by atoms with Crippen LogP contribution in [0.25, 0.3) is 22.3 Å². The van der Waals surface area contributed by atoms with Crippen molar-refractivity contribution in [3.63, 3.8) is 0 Å². The lowest BCUT2D eigenvalue weighted by molar-refractivity contribution is 0.0804. The second kappa shape index (κ2) is 9.04. The SMILES string of the molecule is Oc1ccc(-c2ccc(C(O)CC(O)c3ccc(-c4ccc(O)cc4)cc3)cc2)cc1. The Bertz CT molecular complexity index is 1020. The van der Waals surface area contributed by atoms with Gasteiger partial charge >= 0.3 is 0 Å². The fourth-order valence-corrected chi connectivity index (χ4v) is 3.59. The fraction of sp³-hybridized carbons (Fsp3) is 0.111. The van der Waals surface area contributed by atoms with E-state index in [1.54, 1.807) is 24.3 Å². The number of benzene rings is 4. The summed E-state index contributed by atoms with van der Waals surface area (Å²) in [7, 11) is 0. The minimum absolute atomic E-state index is 0.192. The Hall–Kier alpha value is -3.60. The Morgan fingerprint density at radius 3 is 0.968 bits per heavy atom. The highest BCUT2D eigenvalue weighted by atomic mass is 16.3. The molecule has 4 N–H and O–H groups in total. The summed E-state index contributed by atoms with van der Waals surface area (Å²) in [6.45, 7) is 0. The third-order valence-corrected chi connectivity index (χ3v) is 5.44. The first-order valence-electron chi connectivity index (χ1n) is 10.1. The number of hydrogen-bond donors (Lipinski definition) is 4. The zero-order valence-corrected chi connectivity index (χ0v) is 16.9. The van der Waals surface area contributed by atoms with Crippen LogP contribution in [0.3, 0.4) is 0 Å². The van der Waals surface area contributed by atoms with Crippen LogP contribution in [0, 0.1) is 0 Å². The van der Waals surface area contributed by atoms with Crippen LogP contribution in [-0.2, 0) is 0 Å². The number of hydrogen-bond acceptors (Lipinski definition) is 4. The van der Waals surface area contributed by atoms with E-state index in [0.717, 1.165) is 33.4 Å². The van der Waals surface area contributed by atoms with Gasteiger partial charge in [-0.2, -0.15) is 0 Å². The molecule has 2 unspecified atom stereocenters. The van der Waals surface area contributed by atoms with Gasteiger partial charge in [-0.05, 0) is 57.6 Å². The molecule has 0 saturated heterocycles. The van der Waals surface area contributed by atoms with Crippen molar-refractivity contribution < 1.29 is 20.4 Å². The molecule has 0 amide bonds. The maximum Gasteiger partial charge on any atom is 0.115 e. The van der Waals surface area contributed by atoms with Gasteiger partial charge < -0.3 is 20.4 Å². The van der Waals surface area contributed by atoms with Gasteiger partial charge in [0, 0.05) is 6.42 Å². The summed E-state index contributed by atoms with van der Waals surface area (Å²) in [5, 5.41) is 40.0. The lowest BCUT2D eigenvalue weighted by atomic mass is 9.95. The van der Waals surface area contributed by atoms with Crippen molar-refractivity contribution >= 4 is 0 Å². The summed E-state index contributed by atoms with van der Waals surface area (Å²) in [5.74, 6) is 0.446. The maximum absolute atomic E-state index is 10.6. The highest BCUT2D eigenvalue weighted by Crippen LogP contribution is 2.30. The zero-order chi connectivity index (χ0) is 21.8. The van der Waals surface area contributed by atoms with Crippen molar-refractivity contribution in [2.75, 3.05) is 0 Å². The van der Waals surface area contributed by atoms with Gasteiger partial charge in [0.2, 0.25) is 0 Å². The lowest BCUT2D eigenvalue weighted by Gasteiger charge is -2.17. The maximum atomic E-state index is 10.6. The third-order valence-electron chi connectivity index (χ3n) is 5.44. The number of phenols is 2. The van der Waals surface area contributed by atoms with E-state index in [-0.39, 0.29) is 17.9 Å². The second-order valence-electron chi connectivity index (χ2n) is 7.61. The van der Waals surface area contributed by atoms with E-state index in [1.807, 2.05) is 72.8 Å². The first-order chi connectivity index (χ1) is 15.0.